The topological polar surface area (TPSA) is 108 Å². The van der Waals surface area contributed by atoms with Crippen molar-refractivity contribution < 1.29 is 19.1 Å². The Kier molecular flexibility index (Phi) is 11.1. The summed E-state index contributed by atoms with van der Waals surface area (Å²) >= 11 is 28.4. The van der Waals surface area contributed by atoms with Gasteiger partial charge in [0.1, 0.15) is 0 Å². The van der Waals surface area contributed by atoms with Gasteiger partial charge < -0.3 is 30.1 Å². The van der Waals surface area contributed by atoms with E-state index in [1.54, 1.807) is 12.1 Å². The second-order valence-corrected chi connectivity index (χ2v) is 10.8. The van der Waals surface area contributed by atoms with Gasteiger partial charge in [-0.2, -0.15) is 0 Å². The summed E-state index contributed by atoms with van der Waals surface area (Å²) in [5, 5.41) is 9.13. The molecule has 0 saturated heterocycles. The van der Waals surface area contributed by atoms with Crippen molar-refractivity contribution in [1.29, 1.82) is 0 Å². The molecule has 0 unspecified atom stereocenters. The van der Waals surface area contributed by atoms with Gasteiger partial charge in [-0.1, -0.05) is 46.4 Å². The molecule has 0 radical (unpaired) electrons. The van der Waals surface area contributed by atoms with Crippen LogP contribution in [-0.2, 0) is 22.4 Å². The van der Waals surface area contributed by atoms with Crippen LogP contribution in [0.1, 0.15) is 25.0 Å². The van der Waals surface area contributed by atoms with Crippen molar-refractivity contribution in [2.75, 3.05) is 27.3 Å². The summed E-state index contributed by atoms with van der Waals surface area (Å²) in [5.41, 5.74) is 3.68. The molecule has 0 fully saturated rings. The summed E-state index contributed by atoms with van der Waals surface area (Å²) in [5.74, 6) is 0.809. The van der Waals surface area contributed by atoms with Crippen LogP contribution in [0.3, 0.4) is 0 Å². The molecule has 4 rings (SSSR count). The van der Waals surface area contributed by atoms with Crippen molar-refractivity contribution in [1.82, 2.24) is 20.6 Å². The van der Waals surface area contributed by atoms with Crippen LogP contribution >= 0.6 is 62.3 Å². The number of carbonyl (C=O) groups excluding carboxylic acids is 2. The van der Waals surface area contributed by atoms with Gasteiger partial charge in [0, 0.05) is 54.9 Å². The summed E-state index contributed by atoms with van der Waals surface area (Å²) < 4.78 is 11.3. The number of fused-ring (bicyclic) bond motifs is 2. The SMILES string of the molecule is COc1c(Cl)cc2[nH]c(Br)c(CCNC(C)=O)c2c1Cl.COc1c(Cl)cc2[nH]cc(CCNC(C)=O)c2c1Cl. The quantitative estimate of drug-likeness (QED) is 0.159. The number of amides is 2. The number of aromatic nitrogens is 2. The molecule has 0 aliphatic rings. The maximum absolute atomic E-state index is 10.9. The number of nitrogens with one attached hydrogen (secondary N) is 4. The highest BCUT2D eigenvalue weighted by molar-refractivity contribution is 9.10. The predicted molar refractivity (Wildman–Crippen MR) is 162 cm³/mol. The number of carbonyl (C=O) groups is 2. The van der Waals surface area contributed by atoms with Crippen LogP contribution in [0.25, 0.3) is 21.8 Å². The Hall–Kier alpha value is -2.30. The van der Waals surface area contributed by atoms with E-state index in [9.17, 15) is 9.59 Å². The number of aromatic amines is 2. The molecular formula is C26H27BrCl4N4O4. The molecule has 0 saturated carbocycles. The second-order valence-electron chi connectivity index (χ2n) is 8.45. The summed E-state index contributed by atoms with van der Waals surface area (Å²) in [6.45, 7) is 4.07. The second kappa shape index (κ2) is 13.9. The highest BCUT2D eigenvalue weighted by Gasteiger charge is 2.19. The zero-order valence-corrected chi connectivity index (χ0v) is 26.2. The van der Waals surface area contributed by atoms with Gasteiger partial charge in [0.25, 0.3) is 0 Å². The van der Waals surface area contributed by atoms with Crippen LogP contribution in [0, 0.1) is 0 Å². The third-order valence-corrected chi connectivity index (χ3v) is 7.77. The number of benzene rings is 2. The number of hydrogen-bond acceptors (Lipinski definition) is 4. The fourth-order valence-electron chi connectivity index (χ4n) is 4.11. The molecule has 2 amide bonds. The number of halogens is 5. The van der Waals surface area contributed by atoms with Gasteiger partial charge in [-0.25, -0.2) is 0 Å². The molecule has 13 heteroatoms. The fraction of sp³-hybridized carbons (Fsp3) is 0.308. The smallest absolute Gasteiger partial charge is 0.216 e. The van der Waals surface area contributed by atoms with Gasteiger partial charge in [0.05, 0.1) is 38.9 Å². The Balaban J connectivity index is 0.000000216. The van der Waals surface area contributed by atoms with Crippen molar-refractivity contribution in [2.45, 2.75) is 26.7 Å². The average Bonchev–Trinajstić information content (AvgIpc) is 3.40. The van der Waals surface area contributed by atoms with Gasteiger partial charge >= 0.3 is 0 Å². The minimum atomic E-state index is -0.0623. The van der Waals surface area contributed by atoms with Crippen LogP contribution in [0.2, 0.25) is 20.1 Å². The van der Waals surface area contributed by atoms with Crippen molar-refractivity contribution in [3.8, 4) is 11.5 Å². The Labute approximate surface area is 254 Å². The molecule has 4 N–H and O–H groups in total. The lowest BCUT2D eigenvalue weighted by Gasteiger charge is -2.08. The van der Waals surface area contributed by atoms with Crippen LogP contribution in [0.4, 0.5) is 0 Å². The number of rotatable bonds is 8. The first-order chi connectivity index (χ1) is 18.5. The maximum atomic E-state index is 10.9. The summed E-state index contributed by atoms with van der Waals surface area (Å²) in [4.78, 5) is 28.1. The Morgan fingerprint density at radius 3 is 1.90 bits per heavy atom. The van der Waals surface area contributed by atoms with Crippen LogP contribution in [0.5, 0.6) is 11.5 Å². The van der Waals surface area contributed by atoms with Gasteiger partial charge in [0.2, 0.25) is 11.8 Å². The van der Waals surface area contributed by atoms with E-state index in [1.807, 2.05) is 6.20 Å². The molecule has 4 aromatic rings. The minimum Gasteiger partial charge on any atom is -0.494 e. The molecule has 2 heterocycles. The molecule has 0 spiro atoms. The third-order valence-electron chi connectivity index (χ3n) is 5.81. The van der Waals surface area contributed by atoms with Gasteiger partial charge in [-0.3, -0.25) is 9.59 Å². The fourth-order valence-corrected chi connectivity index (χ4v) is 6.17. The molecule has 8 nitrogen and oxygen atoms in total. The number of hydrogen-bond donors (Lipinski definition) is 4. The summed E-state index contributed by atoms with van der Waals surface area (Å²) in [7, 11) is 3.06. The van der Waals surface area contributed by atoms with E-state index >= 15 is 0 Å². The van der Waals surface area contributed by atoms with Crippen LogP contribution in [0.15, 0.2) is 22.9 Å². The lowest BCUT2D eigenvalue weighted by atomic mass is 10.1. The molecular weight excluding hydrogens is 654 g/mol. The highest BCUT2D eigenvalue weighted by atomic mass is 79.9. The first-order valence-corrected chi connectivity index (χ1v) is 14.0. The largest absolute Gasteiger partial charge is 0.494 e. The molecule has 0 bridgehead atoms. The van der Waals surface area contributed by atoms with Crippen molar-refractivity contribution in [3.63, 3.8) is 0 Å². The van der Waals surface area contributed by atoms with Crippen LogP contribution in [-0.4, -0.2) is 49.1 Å². The molecule has 0 aliphatic heterocycles. The zero-order chi connectivity index (χ0) is 28.9. The van der Waals surface area contributed by atoms with E-state index in [0.29, 0.717) is 57.5 Å². The van der Waals surface area contributed by atoms with Gasteiger partial charge in [0.15, 0.2) is 11.5 Å². The third kappa shape index (κ3) is 7.27. The van der Waals surface area contributed by atoms with Crippen molar-refractivity contribution >= 4 is 96.0 Å². The van der Waals surface area contributed by atoms with E-state index < -0.39 is 0 Å². The zero-order valence-electron chi connectivity index (χ0n) is 21.6. The lowest BCUT2D eigenvalue weighted by molar-refractivity contribution is -0.119. The Morgan fingerprint density at radius 2 is 1.36 bits per heavy atom. The number of ether oxygens (including phenoxy) is 2. The first kappa shape index (κ1) is 31.2. The highest BCUT2D eigenvalue weighted by Crippen LogP contribution is 2.43. The Morgan fingerprint density at radius 1 is 0.846 bits per heavy atom. The normalized spacial score (nSPS) is 10.8. The maximum Gasteiger partial charge on any atom is 0.216 e. The molecule has 2 aromatic carbocycles. The monoisotopic (exact) mass is 678 g/mol. The number of methoxy groups -OCH3 is 2. The predicted octanol–water partition coefficient (Wildman–Crippen LogP) is 7.09. The summed E-state index contributed by atoms with van der Waals surface area (Å²) in [6, 6.07) is 3.55. The van der Waals surface area contributed by atoms with Gasteiger partial charge in [-0.15, -0.1) is 0 Å². The minimum absolute atomic E-state index is 0.0495. The van der Waals surface area contributed by atoms with E-state index in [-0.39, 0.29) is 11.8 Å². The lowest BCUT2D eigenvalue weighted by Crippen LogP contribution is -2.22. The average molecular weight is 681 g/mol. The number of H-pyrrole nitrogens is 2. The molecule has 2 aromatic heterocycles. The van der Waals surface area contributed by atoms with E-state index in [2.05, 4.69) is 36.5 Å². The Bertz CT molecular complexity index is 1520. The van der Waals surface area contributed by atoms with Crippen LogP contribution < -0.4 is 20.1 Å². The van der Waals surface area contributed by atoms with Gasteiger partial charge in [-0.05, 0) is 52.0 Å². The molecule has 39 heavy (non-hydrogen) atoms. The van der Waals surface area contributed by atoms with Crippen molar-refractivity contribution in [2.24, 2.45) is 0 Å². The molecule has 210 valence electrons. The van der Waals surface area contributed by atoms with E-state index in [1.165, 1.54) is 28.1 Å². The van der Waals surface area contributed by atoms with E-state index in [0.717, 1.165) is 37.5 Å². The standard InChI is InChI=1S/C13H13BrCl2N2O2.C13H14Cl2N2O2/c1-6(19)17-4-3-7-10-9(18-13(7)14)5-8(15)12(20-2)11(10)16;1-7(18)16-4-3-8-6-17-10-5-9(14)13(19-2)12(15)11(8)10/h5,18H,3-4H2,1-2H3,(H,17,19);5-6,17H,3-4H2,1-2H3,(H,16,18). The van der Waals surface area contributed by atoms with Crippen molar-refractivity contribution in [3.05, 3.63) is 54.2 Å². The molecule has 0 atom stereocenters. The molecule has 0 aliphatic carbocycles. The summed E-state index contributed by atoms with van der Waals surface area (Å²) in [6.07, 6.45) is 3.20. The first-order valence-electron chi connectivity index (χ1n) is 11.7. The van der Waals surface area contributed by atoms with E-state index in [4.69, 9.17) is 55.9 Å².